The highest BCUT2D eigenvalue weighted by atomic mass is 19.4. The molecule has 0 amide bonds. The van der Waals surface area contributed by atoms with E-state index in [1.807, 2.05) is 18.9 Å². The molecule has 1 aliphatic carbocycles. The molecule has 0 spiro atoms. The second-order valence-electron chi connectivity index (χ2n) is 11.6. The molecule has 0 aromatic rings. The van der Waals surface area contributed by atoms with Gasteiger partial charge in [-0.25, -0.2) is 0 Å². The van der Waals surface area contributed by atoms with Crippen molar-refractivity contribution in [1.29, 1.82) is 5.41 Å². The van der Waals surface area contributed by atoms with E-state index in [-0.39, 0.29) is 43.2 Å². The van der Waals surface area contributed by atoms with Crippen LogP contribution in [0.2, 0.25) is 0 Å². The fraction of sp³-hybridized carbons (Fsp3) is 0.960. The van der Waals surface area contributed by atoms with Gasteiger partial charge in [0.05, 0.1) is 18.4 Å². The van der Waals surface area contributed by atoms with Gasteiger partial charge in [-0.2, -0.15) is 13.2 Å². The van der Waals surface area contributed by atoms with Crippen molar-refractivity contribution in [2.45, 2.75) is 88.4 Å². The molecule has 5 N–H and O–H groups in total. The molecule has 0 aromatic carbocycles. The van der Waals surface area contributed by atoms with E-state index >= 15 is 0 Å². The number of methoxy groups -OCH3 is 1. The predicted octanol–water partition coefficient (Wildman–Crippen LogP) is 1.34. The number of hydrogen-bond acceptors (Lipinski definition) is 7. The lowest BCUT2D eigenvalue weighted by Gasteiger charge is -2.45. The standard InChI is InChI=1S/C25H45F3N8O/c1-4-35-14-19(25(26,27)28)32-21(35)16-9-7-15(8-10-16)13-36-22-18(34(2)24(36)29)12-31-20(33-22)17-6-5-11-30-23(17)37-3/h15-23,29-33H,4-14H2,1-3H3. The van der Waals surface area contributed by atoms with Gasteiger partial charge >= 0.3 is 6.18 Å². The van der Waals surface area contributed by atoms with Crippen molar-refractivity contribution in [2.24, 2.45) is 17.8 Å². The van der Waals surface area contributed by atoms with Gasteiger partial charge in [-0.15, -0.1) is 0 Å². The summed E-state index contributed by atoms with van der Waals surface area (Å²) in [4.78, 5) is 6.26. The predicted molar refractivity (Wildman–Crippen MR) is 136 cm³/mol. The molecular formula is C25H45F3N8O. The Morgan fingerprint density at radius 2 is 1.81 bits per heavy atom. The van der Waals surface area contributed by atoms with Crippen LogP contribution in [0.1, 0.15) is 45.4 Å². The van der Waals surface area contributed by atoms with Gasteiger partial charge in [0, 0.05) is 39.7 Å². The molecule has 12 heteroatoms. The van der Waals surface area contributed by atoms with Crippen molar-refractivity contribution in [3.8, 4) is 0 Å². The first kappa shape index (κ1) is 27.4. The van der Waals surface area contributed by atoms with E-state index in [1.54, 1.807) is 7.11 Å². The summed E-state index contributed by atoms with van der Waals surface area (Å²) in [5, 5.41) is 22.7. The molecule has 4 saturated heterocycles. The van der Waals surface area contributed by atoms with E-state index in [4.69, 9.17) is 10.1 Å². The molecule has 5 aliphatic rings. The summed E-state index contributed by atoms with van der Waals surface area (Å²) in [6, 6.07) is -1.23. The summed E-state index contributed by atoms with van der Waals surface area (Å²) >= 11 is 0. The van der Waals surface area contributed by atoms with Crippen LogP contribution in [-0.2, 0) is 4.74 Å². The van der Waals surface area contributed by atoms with Crippen LogP contribution in [-0.4, -0.2) is 111 Å². The fourth-order valence-corrected chi connectivity index (χ4v) is 7.45. The Morgan fingerprint density at radius 3 is 2.49 bits per heavy atom. The Hall–Kier alpha value is -1.18. The number of nitrogens with one attached hydrogen (secondary N) is 5. The molecular weight excluding hydrogens is 485 g/mol. The summed E-state index contributed by atoms with van der Waals surface area (Å²) in [5.74, 6) is 1.55. The molecule has 4 aliphatic heterocycles. The van der Waals surface area contributed by atoms with Crippen LogP contribution in [0, 0.1) is 23.2 Å². The molecule has 4 heterocycles. The number of nitrogens with zero attached hydrogens (tertiary/aromatic N) is 3. The summed E-state index contributed by atoms with van der Waals surface area (Å²) in [6.07, 6.45) is 1.85. The largest absolute Gasteiger partial charge is 0.405 e. The highest BCUT2D eigenvalue weighted by molar-refractivity contribution is 5.80. The molecule has 0 radical (unpaired) electrons. The number of hydrogen-bond donors (Lipinski definition) is 5. The topological polar surface area (TPSA) is 90.9 Å². The van der Waals surface area contributed by atoms with Crippen LogP contribution in [0.25, 0.3) is 0 Å². The van der Waals surface area contributed by atoms with Crippen molar-refractivity contribution in [3.05, 3.63) is 0 Å². The Kier molecular flexibility index (Phi) is 8.24. The third-order valence-corrected chi connectivity index (χ3v) is 9.61. The zero-order valence-corrected chi connectivity index (χ0v) is 22.4. The minimum absolute atomic E-state index is 0.0152. The molecule has 0 bridgehead atoms. The van der Waals surface area contributed by atoms with Gasteiger partial charge < -0.3 is 14.5 Å². The van der Waals surface area contributed by atoms with Gasteiger partial charge in [0.1, 0.15) is 18.4 Å². The van der Waals surface area contributed by atoms with E-state index in [0.717, 1.165) is 58.2 Å². The molecule has 0 aromatic heterocycles. The van der Waals surface area contributed by atoms with Crippen molar-refractivity contribution < 1.29 is 17.9 Å². The lowest BCUT2D eigenvalue weighted by atomic mass is 9.80. The smallest absolute Gasteiger partial charge is 0.366 e. The number of likely N-dealkylation sites (N-methyl/N-ethyl adjacent to an activating group) is 2. The third kappa shape index (κ3) is 5.47. The van der Waals surface area contributed by atoms with Crippen LogP contribution >= 0.6 is 0 Å². The summed E-state index contributed by atoms with van der Waals surface area (Å²) in [5.41, 5.74) is 0. The third-order valence-electron chi connectivity index (χ3n) is 9.61. The van der Waals surface area contributed by atoms with Crippen molar-refractivity contribution in [3.63, 3.8) is 0 Å². The lowest BCUT2D eigenvalue weighted by Crippen LogP contribution is -2.69. The van der Waals surface area contributed by atoms with E-state index in [2.05, 4.69) is 31.1 Å². The zero-order chi connectivity index (χ0) is 26.3. The number of piperidine rings is 1. The SMILES string of the molecule is CCN1CC(C(F)(F)F)NC1C1CCC(CN2C(=N)N(C)C3CNC(C4CCCNC4OC)NC32)CC1. The van der Waals surface area contributed by atoms with E-state index in [0.29, 0.717) is 24.3 Å². The summed E-state index contributed by atoms with van der Waals surface area (Å²) in [7, 11) is 3.76. The molecule has 212 valence electrons. The average Bonchev–Trinajstić information content (AvgIpc) is 3.45. The van der Waals surface area contributed by atoms with Gasteiger partial charge in [0.2, 0.25) is 0 Å². The average molecular weight is 531 g/mol. The lowest BCUT2D eigenvalue weighted by molar-refractivity contribution is -0.150. The van der Waals surface area contributed by atoms with E-state index in [9.17, 15) is 13.2 Å². The molecule has 5 fully saturated rings. The number of fused-ring (bicyclic) bond motifs is 1. The van der Waals surface area contributed by atoms with Crippen LogP contribution in [0.5, 0.6) is 0 Å². The van der Waals surface area contributed by atoms with Crippen molar-refractivity contribution in [1.82, 2.24) is 36.0 Å². The van der Waals surface area contributed by atoms with Crippen LogP contribution < -0.4 is 21.3 Å². The highest BCUT2D eigenvalue weighted by Crippen LogP contribution is 2.37. The minimum atomic E-state index is -4.20. The second-order valence-corrected chi connectivity index (χ2v) is 11.6. The molecule has 9 nitrogen and oxygen atoms in total. The molecule has 5 rings (SSSR count). The van der Waals surface area contributed by atoms with Crippen molar-refractivity contribution in [2.75, 3.05) is 46.9 Å². The molecule has 37 heavy (non-hydrogen) atoms. The van der Waals surface area contributed by atoms with Gasteiger partial charge in [0.15, 0.2) is 5.96 Å². The number of halogens is 3. The maximum absolute atomic E-state index is 13.4. The Balaban J connectivity index is 1.18. The van der Waals surface area contributed by atoms with Gasteiger partial charge in [-0.1, -0.05) is 6.92 Å². The molecule has 7 atom stereocenters. The Morgan fingerprint density at radius 1 is 1.05 bits per heavy atom. The minimum Gasteiger partial charge on any atom is -0.366 e. The normalized spacial score (nSPS) is 41.9. The number of alkyl halides is 3. The maximum Gasteiger partial charge on any atom is 0.405 e. The van der Waals surface area contributed by atoms with Crippen LogP contribution in [0.3, 0.4) is 0 Å². The van der Waals surface area contributed by atoms with Crippen molar-refractivity contribution >= 4 is 5.96 Å². The highest BCUT2D eigenvalue weighted by Gasteiger charge is 2.50. The van der Waals surface area contributed by atoms with E-state index in [1.165, 1.54) is 0 Å². The fourth-order valence-electron chi connectivity index (χ4n) is 7.45. The van der Waals surface area contributed by atoms with Gasteiger partial charge in [-0.3, -0.25) is 31.6 Å². The molecule has 7 unspecified atom stereocenters. The first-order valence-electron chi connectivity index (χ1n) is 14.1. The summed E-state index contributed by atoms with van der Waals surface area (Å²) < 4.78 is 45.8. The second kappa shape index (κ2) is 11.1. The number of guanidine groups is 1. The summed E-state index contributed by atoms with van der Waals surface area (Å²) in [6.45, 7) is 5.23. The van der Waals surface area contributed by atoms with Gasteiger partial charge in [0.25, 0.3) is 0 Å². The Bertz CT molecular complexity index is 794. The zero-order valence-electron chi connectivity index (χ0n) is 22.4. The van der Waals surface area contributed by atoms with E-state index < -0.39 is 12.2 Å². The Labute approximate surface area is 218 Å². The van der Waals surface area contributed by atoms with Crippen LogP contribution in [0.4, 0.5) is 13.2 Å². The number of rotatable bonds is 6. The quantitative estimate of drug-likeness (QED) is 0.352. The first-order chi connectivity index (χ1) is 17.7. The van der Waals surface area contributed by atoms with Crippen LogP contribution in [0.15, 0.2) is 0 Å². The molecule has 1 saturated carbocycles. The monoisotopic (exact) mass is 530 g/mol. The first-order valence-corrected chi connectivity index (χ1v) is 14.1. The maximum atomic E-state index is 13.4. The number of ether oxygens (including phenoxy) is 1. The van der Waals surface area contributed by atoms with Gasteiger partial charge in [-0.05, 0) is 63.5 Å².